The minimum absolute atomic E-state index is 0.00358. The van der Waals surface area contributed by atoms with E-state index in [0.717, 1.165) is 25.7 Å². The highest BCUT2D eigenvalue weighted by molar-refractivity contribution is 7.80. The van der Waals surface area contributed by atoms with Gasteiger partial charge in [0.15, 0.2) is 0 Å². The number of rotatable bonds is 2. The fourth-order valence-corrected chi connectivity index (χ4v) is 2.75. The van der Waals surface area contributed by atoms with Crippen LogP contribution in [0.2, 0.25) is 0 Å². The van der Waals surface area contributed by atoms with Gasteiger partial charge in [-0.15, -0.1) is 0 Å². The minimum atomic E-state index is -0.00358. The van der Waals surface area contributed by atoms with Gasteiger partial charge in [-0.1, -0.05) is 12.8 Å². The molecule has 1 saturated carbocycles. The summed E-state index contributed by atoms with van der Waals surface area (Å²) in [5.41, 5.74) is 0. The summed E-state index contributed by atoms with van der Waals surface area (Å²) in [5, 5.41) is 0. The van der Waals surface area contributed by atoms with Gasteiger partial charge in [-0.2, -0.15) is 12.6 Å². The Balaban J connectivity index is 2.15. The van der Waals surface area contributed by atoms with Crippen molar-refractivity contribution in [3.05, 3.63) is 0 Å². The topological polar surface area (TPSA) is 37.4 Å². The summed E-state index contributed by atoms with van der Waals surface area (Å²) in [6.45, 7) is 0.480. The molecule has 78 valence electrons. The number of hydrogen-bond donors (Lipinski definition) is 1. The van der Waals surface area contributed by atoms with Crippen LogP contribution in [0.15, 0.2) is 0 Å². The molecule has 0 spiro atoms. The Labute approximate surface area is 89.3 Å². The van der Waals surface area contributed by atoms with Gasteiger partial charge in [0.05, 0.1) is 11.8 Å². The zero-order valence-corrected chi connectivity index (χ0v) is 9.00. The van der Waals surface area contributed by atoms with E-state index < -0.39 is 0 Å². The molecule has 0 aromatic rings. The summed E-state index contributed by atoms with van der Waals surface area (Å²) in [5.74, 6) is 0.659. The van der Waals surface area contributed by atoms with Crippen molar-refractivity contribution < 1.29 is 9.59 Å². The fourth-order valence-electron chi connectivity index (χ4n) is 2.55. The molecule has 1 saturated heterocycles. The molecule has 0 aromatic heterocycles. The maximum absolute atomic E-state index is 11.8. The first-order chi connectivity index (χ1) is 6.75. The summed E-state index contributed by atoms with van der Waals surface area (Å²) in [4.78, 5) is 25.0. The lowest BCUT2D eigenvalue weighted by Crippen LogP contribution is -2.32. The van der Waals surface area contributed by atoms with Crippen molar-refractivity contribution in [1.82, 2.24) is 4.90 Å². The van der Waals surface area contributed by atoms with Gasteiger partial charge in [-0.05, 0) is 12.8 Å². The molecule has 2 unspecified atom stereocenters. The second-order valence-corrected chi connectivity index (χ2v) is 4.50. The predicted octanol–water partition coefficient (Wildman–Crippen LogP) is 1.09. The zero-order valence-electron chi connectivity index (χ0n) is 8.11. The largest absolute Gasteiger partial charge is 0.281 e. The van der Waals surface area contributed by atoms with Gasteiger partial charge in [0, 0.05) is 12.3 Å². The Bertz CT molecular complexity index is 243. The summed E-state index contributed by atoms with van der Waals surface area (Å²) >= 11 is 4.06. The van der Waals surface area contributed by atoms with Crippen LogP contribution in [0.3, 0.4) is 0 Å². The van der Waals surface area contributed by atoms with Crippen LogP contribution in [0.4, 0.5) is 0 Å². The Hall–Kier alpha value is -0.510. The molecule has 2 rings (SSSR count). The average Bonchev–Trinajstić information content (AvgIpc) is 2.45. The molecule has 0 aromatic carbocycles. The molecule has 3 nitrogen and oxygen atoms in total. The van der Waals surface area contributed by atoms with Crippen molar-refractivity contribution in [2.24, 2.45) is 11.8 Å². The van der Waals surface area contributed by atoms with E-state index in [1.807, 2.05) is 0 Å². The average molecular weight is 213 g/mol. The molecule has 14 heavy (non-hydrogen) atoms. The highest BCUT2D eigenvalue weighted by atomic mass is 32.1. The minimum Gasteiger partial charge on any atom is -0.281 e. The maximum atomic E-state index is 11.8. The Morgan fingerprint density at radius 1 is 1.14 bits per heavy atom. The lowest BCUT2D eigenvalue weighted by molar-refractivity contribution is -0.139. The van der Waals surface area contributed by atoms with E-state index in [4.69, 9.17) is 0 Å². The second kappa shape index (κ2) is 3.93. The van der Waals surface area contributed by atoms with Gasteiger partial charge in [-0.3, -0.25) is 14.5 Å². The number of thiol groups is 1. The van der Waals surface area contributed by atoms with Crippen LogP contribution in [0.5, 0.6) is 0 Å². The van der Waals surface area contributed by atoms with Gasteiger partial charge < -0.3 is 0 Å². The molecule has 2 amide bonds. The van der Waals surface area contributed by atoms with Crippen molar-refractivity contribution >= 4 is 24.4 Å². The summed E-state index contributed by atoms with van der Waals surface area (Å²) < 4.78 is 0. The van der Waals surface area contributed by atoms with Crippen molar-refractivity contribution in [3.8, 4) is 0 Å². The second-order valence-electron chi connectivity index (χ2n) is 4.05. The number of imide groups is 1. The number of carbonyl (C=O) groups is 2. The smallest absolute Gasteiger partial charge is 0.233 e. The van der Waals surface area contributed by atoms with Crippen LogP contribution in [0, 0.1) is 11.8 Å². The number of amides is 2. The molecule has 0 bridgehead atoms. The lowest BCUT2D eigenvalue weighted by atomic mass is 9.81. The molecule has 2 atom stereocenters. The monoisotopic (exact) mass is 213 g/mol. The molecule has 1 aliphatic carbocycles. The normalized spacial score (nSPS) is 32.2. The SMILES string of the molecule is O=C1C2CCCCC2C(=O)N1CCS. The number of hydrogen-bond acceptors (Lipinski definition) is 3. The highest BCUT2D eigenvalue weighted by Gasteiger charge is 2.47. The third-order valence-electron chi connectivity index (χ3n) is 3.26. The van der Waals surface area contributed by atoms with Gasteiger partial charge in [0.2, 0.25) is 11.8 Å². The van der Waals surface area contributed by atoms with Crippen LogP contribution in [-0.4, -0.2) is 29.0 Å². The van der Waals surface area contributed by atoms with E-state index in [1.165, 1.54) is 4.90 Å². The van der Waals surface area contributed by atoms with E-state index in [0.29, 0.717) is 12.3 Å². The van der Waals surface area contributed by atoms with Crippen LogP contribution >= 0.6 is 12.6 Å². The zero-order chi connectivity index (χ0) is 10.1. The van der Waals surface area contributed by atoms with E-state index in [-0.39, 0.29) is 23.7 Å². The fraction of sp³-hybridized carbons (Fsp3) is 0.800. The quantitative estimate of drug-likeness (QED) is 0.551. The molecular weight excluding hydrogens is 198 g/mol. The predicted molar refractivity (Wildman–Crippen MR) is 56.0 cm³/mol. The van der Waals surface area contributed by atoms with Gasteiger partial charge >= 0.3 is 0 Å². The van der Waals surface area contributed by atoms with Crippen LogP contribution in [0.1, 0.15) is 25.7 Å². The number of carbonyl (C=O) groups excluding carboxylic acids is 2. The van der Waals surface area contributed by atoms with Gasteiger partial charge in [-0.25, -0.2) is 0 Å². The Kier molecular flexibility index (Phi) is 2.81. The van der Waals surface area contributed by atoms with Crippen LogP contribution in [0.25, 0.3) is 0 Å². The first kappa shape index (κ1) is 10.0. The Morgan fingerprint density at radius 3 is 2.07 bits per heavy atom. The first-order valence-corrected chi connectivity index (χ1v) is 5.85. The number of nitrogens with zero attached hydrogens (tertiary/aromatic N) is 1. The van der Waals surface area contributed by atoms with E-state index in [1.54, 1.807) is 0 Å². The third-order valence-corrected chi connectivity index (χ3v) is 3.46. The van der Waals surface area contributed by atoms with Gasteiger partial charge in [0.1, 0.15) is 0 Å². The molecule has 0 N–H and O–H groups in total. The number of likely N-dealkylation sites (tertiary alicyclic amines) is 1. The van der Waals surface area contributed by atoms with Crippen molar-refractivity contribution in [1.29, 1.82) is 0 Å². The van der Waals surface area contributed by atoms with E-state index >= 15 is 0 Å². The molecule has 1 aliphatic heterocycles. The van der Waals surface area contributed by atoms with Crippen LogP contribution in [-0.2, 0) is 9.59 Å². The summed E-state index contributed by atoms with van der Waals surface area (Å²) in [7, 11) is 0. The standard InChI is InChI=1S/C10H15NO2S/c12-9-7-3-1-2-4-8(7)10(13)11(9)5-6-14/h7-8,14H,1-6H2. The Morgan fingerprint density at radius 2 is 1.64 bits per heavy atom. The molecule has 4 heteroatoms. The van der Waals surface area contributed by atoms with Crippen LogP contribution < -0.4 is 0 Å². The van der Waals surface area contributed by atoms with E-state index in [2.05, 4.69) is 12.6 Å². The highest BCUT2D eigenvalue weighted by Crippen LogP contribution is 2.37. The van der Waals surface area contributed by atoms with Crippen molar-refractivity contribution in [2.75, 3.05) is 12.3 Å². The summed E-state index contributed by atoms with van der Waals surface area (Å²) in [6, 6.07) is 0. The third kappa shape index (κ3) is 1.45. The molecule has 1 heterocycles. The maximum Gasteiger partial charge on any atom is 0.233 e. The van der Waals surface area contributed by atoms with Crippen molar-refractivity contribution in [3.63, 3.8) is 0 Å². The summed E-state index contributed by atoms with van der Waals surface area (Å²) in [6.07, 6.45) is 3.99. The molecule has 0 radical (unpaired) electrons. The van der Waals surface area contributed by atoms with Crippen molar-refractivity contribution in [2.45, 2.75) is 25.7 Å². The lowest BCUT2D eigenvalue weighted by Gasteiger charge is -2.19. The van der Waals surface area contributed by atoms with Gasteiger partial charge in [0.25, 0.3) is 0 Å². The number of fused-ring (bicyclic) bond motifs is 1. The first-order valence-electron chi connectivity index (χ1n) is 5.22. The molecule has 2 aliphatic rings. The van der Waals surface area contributed by atoms with E-state index in [9.17, 15) is 9.59 Å². The molecular formula is C10H15NO2S. The molecule has 2 fully saturated rings.